The van der Waals surface area contributed by atoms with Gasteiger partial charge in [-0.05, 0) is 32.6 Å². The third-order valence-electron chi connectivity index (χ3n) is 3.19. The van der Waals surface area contributed by atoms with E-state index in [0.29, 0.717) is 25.0 Å². The molecule has 1 amide bonds. The normalized spacial score (nSPS) is 19.1. The number of hydrogen-bond acceptors (Lipinski definition) is 4. The maximum atomic E-state index is 11.7. The van der Waals surface area contributed by atoms with Crippen molar-refractivity contribution in [3.63, 3.8) is 0 Å². The Hall–Kier alpha value is -1.62. The Bertz CT molecular complexity index is 372. The van der Waals surface area contributed by atoms with Crippen molar-refractivity contribution in [3.05, 3.63) is 24.8 Å². The number of carbonyl (C=O) groups excluding carboxylic acids is 2. The molecule has 0 radical (unpaired) electrons. The molecule has 1 saturated heterocycles. The smallest absolute Gasteiger partial charge is 0.330 e. The van der Waals surface area contributed by atoms with Gasteiger partial charge in [0.1, 0.15) is 0 Å². The molecule has 1 fully saturated rings. The number of amides is 1. The Morgan fingerprint density at radius 3 is 2.85 bits per heavy atom. The fourth-order valence-electron chi connectivity index (χ4n) is 2.10. The van der Waals surface area contributed by atoms with Gasteiger partial charge in [0.15, 0.2) is 0 Å². The summed E-state index contributed by atoms with van der Waals surface area (Å²) in [6.45, 7) is 9.69. The maximum absolute atomic E-state index is 11.7. The van der Waals surface area contributed by atoms with Crippen molar-refractivity contribution in [1.29, 1.82) is 0 Å². The van der Waals surface area contributed by atoms with E-state index in [1.807, 2.05) is 0 Å². The molecule has 5 heteroatoms. The van der Waals surface area contributed by atoms with Gasteiger partial charge >= 0.3 is 5.97 Å². The van der Waals surface area contributed by atoms with Crippen molar-refractivity contribution in [1.82, 2.24) is 5.32 Å². The lowest BCUT2D eigenvalue weighted by Crippen LogP contribution is -2.43. The van der Waals surface area contributed by atoms with Crippen LogP contribution in [0.1, 0.15) is 32.6 Å². The molecule has 1 rings (SSSR count). The molecule has 1 N–H and O–H groups in total. The van der Waals surface area contributed by atoms with Gasteiger partial charge in [-0.15, -0.1) is 0 Å². The molecule has 0 bridgehead atoms. The summed E-state index contributed by atoms with van der Waals surface area (Å²) in [5, 5.41) is 2.94. The first-order valence-corrected chi connectivity index (χ1v) is 6.91. The van der Waals surface area contributed by atoms with Crippen LogP contribution in [0.4, 0.5) is 0 Å². The number of esters is 1. The fourth-order valence-corrected chi connectivity index (χ4v) is 2.10. The van der Waals surface area contributed by atoms with Gasteiger partial charge in [0.25, 0.3) is 0 Å². The van der Waals surface area contributed by atoms with Crippen LogP contribution in [-0.2, 0) is 19.1 Å². The molecule has 20 heavy (non-hydrogen) atoms. The Labute approximate surface area is 120 Å². The van der Waals surface area contributed by atoms with Crippen LogP contribution in [0.2, 0.25) is 0 Å². The molecule has 0 aromatic heterocycles. The van der Waals surface area contributed by atoms with Gasteiger partial charge in [-0.2, -0.15) is 0 Å². The number of carbonyl (C=O) groups is 2. The Balaban J connectivity index is 2.41. The van der Waals surface area contributed by atoms with Gasteiger partial charge in [0.05, 0.1) is 18.8 Å². The highest BCUT2D eigenvalue weighted by Gasteiger charge is 2.27. The lowest BCUT2D eigenvalue weighted by Gasteiger charge is -2.24. The number of hydrogen-bond donors (Lipinski definition) is 1. The van der Waals surface area contributed by atoms with E-state index in [2.05, 4.69) is 18.5 Å². The predicted octanol–water partition coefficient (Wildman–Crippen LogP) is 1.74. The van der Waals surface area contributed by atoms with Crippen molar-refractivity contribution in [2.45, 2.75) is 44.8 Å². The SMILES string of the molecule is C=CC(=O)OCCCC(NC(=O)C(=C)C)C1CCCO1. The Kier molecular flexibility index (Phi) is 7.01. The second-order valence-electron chi connectivity index (χ2n) is 4.93. The first kappa shape index (κ1) is 16.4. The summed E-state index contributed by atoms with van der Waals surface area (Å²) in [5.41, 5.74) is 0.478. The zero-order chi connectivity index (χ0) is 15.0. The van der Waals surface area contributed by atoms with E-state index in [9.17, 15) is 9.59 Å². The molecule has 0 aromatic carbocycles. The minimum absolute atomic E-state index is 0.0356. The standard InChI is InChI=1S/C15H23NO4/c1-4-14(17)20-10-5-7-12(13-8-6-9-19-13)16-15(18)11(2)3/h4,12-13H,1-2,5-10H2,3H3,(H,16,18). The molecule has 0 aromatic rings. The highest BCUT2D eigenvalue weighted by molar-refractivity contribution is 5.92. The van der Waals surface area contributed by atoms with Crippen LogP contribution in [0.3, 0.4) is 0 Å². The van der Waals surface area contributed by atoms with E-state index >= 15 is 0 Å². The van der Waals surface area contributed by atoms with E-state index < -0.39 is 5.97 Å². The van der Waals surface area contributed by atoms with Crippen LogP contribution < -0.4 is 5.32 Å². The van der Waals surface area contributed by atoms with Crippen LogP contribution in [-0.4, -0.2) is 37.2 Å². The van der Waals surface area contributed by atoms with Gasteiger partial charge in [0, 0.05) is 18.3 Å². The molecule has 0 spiro atoms. The Morgan fingerprint density at radius 2 is 2.30 bits per heavy atom. The summed E-state index contributed by atoms with van der Waals surface area (Å²) in [4.78, 5) is 22.7. The van der Waals surface area contributed by atoms with E-state index in [0.717, 1.165) is 25.5 Å². The number of rotatable bonds is 8. The molecule has 5 nitrogen and oxygen atoms in total. The van der Waals surface area contributed by atoms with Crippen molar-refractivity contribution >= 4 is 11.9 Å². The lowest BCUT2D eigenvalue weighted by atomic mass is 10.0. The van der Waals surface area contributed by atoms with Gasteiger partial charge in [-0.3, -0.25) is 4.79 Å². The van der Waals surface area contributed by atoms with Crippen LogP contribution in [0.15, 0.2) is 24.8 Å². The quantitative estimate of drug-likeness (QED) is 0.418. The predicted molar refractivity (Wildman–Crippen MR) is 76.1 cm³/mol. The highest BCUT2D eigenvalue weighted by Crippen LogP contribution is 2.19. The number of ether oxygens (including phenoxy) is 2. The first-order chi connectivity index (χ1) is 9.54. The highest BCUT2D eigenvalue weighted by atomic mass is 16.5. The Morgan fingerprint density at radius 1 is 1.55 bits per heavy atom. The molecule has 0 aliphatic carbocycles. The summed E-state index contributed by atoms with van der Waals surface area (Å²) in [6, 6.07) is -0.0656. The van der Waals surface area contributed by atoms with Gasteiger partial charge in [-0.1, -0.05) is 13.2 Å². The minimum Gasteiger partial charge on any atom is -0.463 e. The van der Waals surface area contributed by atoms with E-state index in [1.54, 1.807) is 6.92 Å². The largest absolute Gasteiger partial charge is 0.463 e. The first-order valence-electron chi connectivity index (χ1n) is 6.91. The maximum Gasteiger partial charge on any atom is 0.330 e. The lowest BCUT2D eigenvalue weighted by molar-refractivity contribution is -0.138. The molecular formula is C15H23NO4. The number of nitrogens with one attached hydrogen (secondary N) is 1. The summed E-state index contributed by atoms with van der Waals surface area (Å²) in [6.07, 6.45) is 4.49. The third kappa shape index (κ3) is 5.57. The summed E-state index contributed by atoms with van der Waals surface area (Å²) < 4.78 is 10.6. The summed E-state index contributed by atoms with van der Waals surface area (Å²) >= 11 is 0. The van der Waals surface area contributed by atoms with Crippen LogP contribution in [0, 0.1) is 0 Å². The average Bonchev–Trinajstić information content (AvgIpc) is 2.95. The van der Waals surface area contributed by atoms with Crippen molar-refractivity contribution < 1.29 is 19.1 Å². The second kappa shape index (κ2) is 8.53. The van der Waals surface area contributed by atoms with Crippen LogP contribution in [0.25, 0.3) is 0 Å². The third-order valence-corrected chi connectivity index (χ3v) is 3.19. The van der Waals surface area contributed by atoms with Crippen molar-refractivity contribution in [2.24, 2.45) is 0 Å². The van der Waals surface area contributed by atoms with Gasteiger partial charge in [0.2, 0.25) is 5.91 Å². The molecule has 0 saturated carbocycles. The zero-order valence-electron chi connectivity index (χ0n) is 12.0. The topological polar surface area (TPSA) is 64.6 Å². The summed E-state index contributed by atoms with van der Waals surface area (Å²) in [7, 11) is 0. The van der Waals surface area contributed by atoms with Crippen molar-refractivity contribution in [3.8, 4) is 0 Å². The molecule has 1 aliphatic rings. The average molecular weight is 281 g/mol. The molecule has 112 valence electrons. The van der Waals surface area contributed by atoms with E-state index in [4.69, 9.17) is 9.47 Å². The van der Waals surface area contributed by atoms with Gasteiger partial charge in [-0.25, -0.2) is 4.79 Å². The van der Waals surface area contributed by atoms with E-state index in [-0.39, 0.29) is 18.1 Å². The monoisotopic (exact) mass is 281 g/mol. The molecular weight excluding hydrogens is 258 g/mol. The molecule has 2 unspecified atom stereocenters. The van der Waals surface area contributed by atoms with Crippen LogP contribution in [0.5, 0.6) is 0 Å². The van der Waals surface area contributed by atoms with Crippen molar-refractivity contribution in [2.75, 3.05) is 13.2 Å². The molecule has 1 aliphatic heterocycles. The van der Waals surface area contributed by atoms with Gasteiger partial charge < -0.3 is 14.8 Å². The van der Waals surface area contributed by atoms with Crippen LogP contribution >= 0.6 is 0 Å². The minimum atomic E-state index is -0.426. The second-order valence-corrected chi connectivity index (χ2v) is 4.93. The fraction of sp³-hybridized carbons (Fsp3) is 0.600. The molecule has 1 heterocycles. The van der Waals surface area contributed by atoms with E-state index in [1.165, 1.54) is 0 Å². The molecule has 2 atom stereocenters. The summed E-state index contributed by atoms with van der Waals surface area (Å²) in [5.74, 6) is -0.585. The zero-order valence-corrected chi connectivity index (χ0v) is 12.0.